The molecule has 5 heteroatoms. The van der Waals surface area contributed by atoms with Crippen LogP contribution in [-0.4, -0.2) is 73.4 Å². The predicted octanol–water partition coefficient (Wildman–Crippen LogP) is 1.11. The number of hydrogen-bond acceptors (Lipinski definition) is 4. The summed E-state index contributed by atoms with van der Waals surface area (Å²) >= 11 is 0. The second kappa shape index (κ2) is 8.11. The van der Waals surface area contributed by atoms with Gasteiger partial charge in [-0.3, -0.25) is 9.69 Å². The molecule has 2 aliphatic rings. The number of hydrogen-bond donors (Lipinski definition) is 1. The number of ether oxygens (including phenoxy) is 1. The number of carbonyl (C=O) groups is 1. The first-order valence-corrected chi connectivity index (χ1v) is 8.27. The van der Waals surface area contributed by atoms with Crippen molar-refractivity contribution in [1.29, 1.82) is 0 Å². The fourth-order valence-electron chi connectivity index (χ4n) is 3.93. The molecule has 0 aromatic rings. The molecule has 2 rings (SSSR count). The Hall–Kier alpha value is -0.650. The highest BCUT2D eigenvalue weighted by molar-refractivity contribution is 5.78. The summed E-state index contributed by atoms with van der Waals surface area (Å²) in [5.41, 5.74) is 0. The van der Waals surface area contributed by atoms with Gasteiger partial charge < -0.3 is 14.7 Å². The summed E-state index contributed by atoms with van der Waals surface area (Å²) in [6.45, 7) is 2.09. The van der Waals surface area contributed by atoms with E-state index in [1.165, 1.54) is 32.1 Å². The van der Waals surface area contributed by atoms with Gasteiger partial charge in [-0.05, 0) is 38.6 Å². The van der Waals surface area contributed by atoms with Crippen molar-refractivity contribution >= 4 is 5.91 Å². The molecule has 0 radical (unpaired) electrons. The summed E-state index contributed by atoms with van der Waals surface area (Å²) in [6.07, 6.45) is 6.94. The SMILES string of the molecule is COCC(O)CN(C)CC(=O)N1CCCC2CCCCC21. The zero-order valence-electron chi connectivity index (χ0n) is 13.5. The van der Waals surface area contributed by atoms with Crippen LogP contribution in [0.4, 0.5) is 0 Å². The van der Waals surface area contributed by atoms with E-state index in [-0.39, 0.29) is 5.91 Å². The first-order chi connectivity index (χ1) is 10.1. The summed E-state index contributed by atoms with van der Waals surface area (Å²) in [4.78, 5) is 16.6. The van der Waals surface area contributed by atoms with E-state index >= 15 is 0 Å². The van der Waals surface area contributed by atoms with E-state index in [2.05, 4.69) is 4.90 Å². The maximum absolute atomic E-state index is 12.6. The number of rotatable bonds is 6. The Bertz CT molecular complexity index is 335. The van der Waals surface area contributed by atoms with E-state index in [9.17, 15) is 9.90 Å². The van der Waals surface area contributed by atoms with Crippen LogP contribution in [0, 0.1) is 5.92 Å². The van der Waals surface area contributed by atoms with E-state index in [0.717, 1.165) is 18.9 Å². The number of likely N-dealkylation sites (tertiary alicyclic amines) is 1. The first-order valence-electron chi connectivity index (χ1n) is 8.27. The van der Waals surface area contributed by atoms with E-state index in [1.54, 1.807) is 7.11 Å². The Balaban J connectivity index is 1.83. The van der Waals surface area contributed by atoms with Crippen LogP contribution in [-0.2, 0) is 9.53 Å². The molecule has 1 saturated carbocycles. The largest absolute Gasteiger partial charge is 0.389 e. The highest BCUT2D eigenvalue weighted by Gasteiger charge is 2.35. The van der Waals surface area contributed by atoms with E-state index < -0.39 is 6.10 Å². The molecule has 3 atom stereocenters. The number of aliphatic hydroxyl groups excluding tert-OH is 1. The summed E-state index contributed by atoms with van der Waals surface area (Å²) in [6, 6.07) is 0.470. The van der Waals surface area contributed by atoms with E-state index in [0.29, 0.717) is 25.7 Å². The number of amides is 1. The van der Waals surface area contributed by atoms with Crippen LogP contribution in [0.5, 0.6) is 0 Å². The Labute approximate surface area is 128 Å². The topological polar surface area (TPSA) is 53.0 Å². The molecule has 122 valence electrons. The molecular formula is C16H30N2O3. The first kappa shape index (κ1) is 16.7. The number of likely N-dealkylation sites (N-methyl/N-ethyl adjacent to an activating group) is 1. The van der Waals surface area contributed by atoms with Gasteiger partial charge in [0.2, 0.25) is 5.91 Å². The third-order valence-corrected chi connectivity index (χ3v) is 4.85. The fourth-order valence-corrected chi connectivity index (χ4v) is 3.93. The van der Waals surface area contributed by atoms with Gasteiger partial charge in [0.05, 0.1) is 19.3 Å². The quantitative estimate of drug-likeness (QED) is 0.798. The molecule has 0 aromatic carbocycles. The zero-order chi connectivity index (χ0) is 15.2. The third-order valence-electron chi connectivity index (χ3n) is 4.85. The molecule has 1 heterocycles. The third kappa shape index (κ3) is 4.66. The molecule has 0 spiro atoms. The lowest BCUT2D eigenvalue weighted by Gasteiger charge is -2.44. The minimum absolute atomic E-state index is 0.221. The van der Waals surface area contributed by atoms with Gasteiger partial charge in [-0.25, -0.2) is 0 Å². The summed E-state index contributed by atoms with van der Waals surface area (Å²) < 4.78 is 4.92. The molecular weight excluding hydrogens is 268 g/mol. The van der Waals surface area contributed by atoms with Crippen molar-refractivity contribution in [2.75, 3.05) is 40.4 Å². The van der Waals surface area contributed by atoms with Gasteiger partial charge in [-0.2, -0.15) is 0 Å². The van der Waals surface area contributed by atoms with Crippen molar-refractivity contribution in [2.24, 2.45) is 5.92 Å². The number of methoxy groups -OCH3 is 1. The minimum Gasteiger partial charge on any atom is -0.389 e. The van der Waals surface area contributed by atoms with Crippen molar-refractivity contribution in [3.8, 4) is 0 Å². The van der Waals surface area contributed by atoms with Crippen molar-refractivity contribution in [3.05, 3.63) is 0 Å². The van der Waals surface area contributed by atoms with Gasteiger partial charge in [0.1, 0.15) is 0 Å². The molecule has 1 saturated heterocycles. The number of aliphatic hydroxyl groups is 1. The average Bonchev–Trinajstić information content (AvgIpc) is 2.46. The Kier molecular flexibility index (Phi) is 6.45. The van der Waals surface area contributed by atoms with Gasteiger partial charge in [-0.1, -0.05) is 12.8 Å². The molecule has 2 fully saturated rings. The zero-order valence-corrected chi connectivity index (χ0v) is 13.5. The van der Waals surface area contributed by atoms with Crippen molar-refractivity contribution in [1.82, 2.24) is 9.80 Å². The van der Waals surface area contributed by atoms with Crippen LogP contribution in [0.2, 0.25) is 0 Å². The molecule has 1 amide bonds. The molecule has 1 aliphatic carbocycles. The second-order valence-electron chi connectivity index (χ2n) is 6.65. The van der Waals surface area contributed by atoms with Crippen molar-refractivity contribution in [2.45, 2.75) is 50.7 Å². The lowest BCUT2D eigenvalue weighted by molar-refractivity contribution is -0.138. The fraction of sp³-hybridized carbons (Fsp3) is 0.938. The van der Waals surface area contributed by atoms with E-state index in [4.69, 9.17) is 4.74 Å². The maximum Gasteiger partial charge on any atom is 0.236 e. The van der Waals surface area contributed by atoms with Gasteiger partial charge in [-0.15, -0.1) is 0 Å². The Morgan fingerprint density at radius 2 is 2.05 bits per heavy atom. The lowest BCUT2D eigenvalue weighted by atomic mass is 9.78. The van der Waals surface area contributed by atoms with Gasteiger partial charge in [0.15, 0.2) is 0 Å². The van der Waals surface area contributed by atoms with Gasteiger partial charge >= 0.3 is 0 Å². The predicted molar refractivity (Wildman–Crippen MR) is 82.1 cm³/mol. The van der Waals surface area contributed by atoms with Crippen LogP contribution in [0.25, 0.3) is 0 Å². The lowest BCUT2D eigenvalue weighted by Crippen LogP contribution is -2.52. The molecule has 0 aromatic heterocycles. The van der Waals surface area contributed by atoms with Crippen molar-refractivity contribution in [3.63, 3.8) is 0 Å². The molecule has 5 nitrogen and oxygen atoms in total. The average molecular weight is 298 g/mol. The van der Waals surface area contributed by atoms with Crippen LogP contribution in [0.15, 0.2) is 0 Å². The van der Waals surface area contributed by atoms with Gasteiger partial charge in [0, 0.05) is 26.2 Å². The van der Waals surface area contributed by atoms with E-state index in [1.807, 2.05) is 11.9 Å². The number of fused-ring (bicyclic) bond motifs is 1. The smallest absolute Gasteiger partial charge is 0.236 e. The second-order valence-corrected chi connectivity index (χ2v) is 6.65. The minimum atomic E-state index is -0.531. The highest BCUT2D eigenvalue weighted by atomic mass is 16.5. The Morgan fingerprint density at radius 1 is 1.33 bits per heavy atom. The highest BCUT2D eigenvalue weighted by Crippen LogP contribution is 2.35. The summed E-state index contributed by atoms with van der Waals surface area (Å²) in [7, 11) is 3.46. The van der Waals surface area contributed by atoms with Crippen LogP contribution >= 0.6 is 0 Å². The summed E-state index contributed by atoms with van der Waals surface area (Å²) in [5, 5.41) is 9.74. The number of carbonyl (C=O) groups excluding carboxylic acids is 1. The molecule has 3 unspecified atom stereocenters. The normalized spacial score (nSPS) is 27.5. The standard InChI is InChI=1S/C16H30N2O3/c1-17(10-14(19)12-21-2)11-16(20)18-9-5-7-13-6-3-4-8-15(13)18/h13-15,19H,3-12H2,1-2H3. The monoisotopic (exact) mass is 298 g/mol. The number of nitrogens with zero attached hydrogens (tertiary/aromatic N) is 2. The maximum atomic E-state index is 12.6. The molecule has 1 aliphatic heterocycles. The molecule has 1 N–H and O–H groups in total. The molecule has 0 bridgehead atoms. The van der Waals surface area contributed by atoms with Gasteiger partial charge in [0.25, 0.3) is 0 Å². The molecule has 21 heavy (non-hydrogen) atoms. The van der Waals surface area contributed by atoms with Crippen LogP contribution in [0.3, 0.4) is 0 Å². The van der Waals surface area contributed by atoms with Crippen molar-refractivity contribution < 1.29 is 14.6 Å². The van der Waals surface area contributed by atoms with Crippen LogP contribution in [0.1, 0.15) is 38.5 Å². The van der Waals surface area contributed by atoms with Crippen LogP contribution < -0.4 is 0 Å². The summed E-state index contributed by atoms with van der Waals surface area (Å²) in [5.74, 6) is 0.944. The Morgan fingerprint density at radius 3 is 2.81 bits per heavy atom. The number of piperidine rings is 1.